The maximum Gasteiger partial charge on any atom is 0.329 e. The lowest BCUT2D eigenvalue weighted by molar-refractivity contribution is -0.145. The van der Waals surface area contributed by atoms with Crippen LogP contribution in [0.5, 0.6) is 0 Å². The number of carbonyl (C=O) groups is 2. The SMILES string of the molecule is O=C(NC1(C(=O)O)CCc2cc(Cl)ccc2C1)c1cccc2c1CCCC2. The Bertz CT molecular complexity index is 924. The van der Waals surface area contributed by atoms with Gasteiger partial charge in [0.15, 0.2) is 0 Å². The molecule has 0 fully saturated rings. The molecule has 2 aliphatic carbocycles. The van der Waals surface area contributed by atoms with E-state index in [2.05, 4.69) is 11.4 Å². The van der Waals surface area contributed by atoms with Crippen molar-refractivity contribution in [2.24, 2.45) is 0 Å². The Morgan fingerprint density at radius 1 is 1.00 bits per heavy atom. The quantitative estimate of drug-likeness (QED) is 0.843. The van der Waals surface area contributed by atoms with Crippen LogP contribution >= 0.6 is 11.6 Å². The summed E-state index contributed by atoms with van der Waals surface area (Å²) in [6, 6.07) is 11.3. The standard InChI is InChI=1S/C22H22ClNO3/c23-17-9-8-16-13-22(21(26)27,11-10-15(16)12-17)24-20(25)19-7-3-5-14-4-1-2-6-18(14)19/h3,5,7-9,12H,1-2,4,6,10-11,13H2,(H,24,25)(H,26,27). The zero-order valence-electron chi connectivity index (χ0n) is 15.1. The van der Waals surface area contributed by atoms with Gasteiger partial charge in [0.25, 0.3) is 5.91 Å². The smallest absolute Gasteiger partial charge is 0.329 e. The summed E-state index contributed by atoms with van der Waals surface area (Å²) >= 11 is 6.06. The lowest BCUT2D eigenvalue weighted by Gasteiger charge is -2.35. The molecule has 0 radical (unpaired) electrons. The van der Waals surface area contributed by atoms with Gasteiger partial charge in [0, 0.05) is 17.0 Å². The molecule has 0 bridgehead atoms. The number of carbonyl (C=O) groups excluding carboxylic acids is 1. The van der Waals surface area contributed by atoms with Gasteiger partial charge < -0.3 is 10.4 Å². The van der Waals surface area contributed by atoms with Gasteiger partial charge in [-0.3, -0.25) is 4.79 Å². The number of nitrogens with one attached hydrogen (secondary N) is 1. The summed E-state index contributed by atoms with van der Waals surface area (Å²) in [5.41, 5.74) is 3.62. The van der Waals surface area contributed by atoms with E-state index in [1.165, 1.54) is 5.56 Å². The van der Waals surface area contributed by atoms with E-state index in [1.807, 2.05) is 24.3 Å². The van der Waals surface area contributed by atoms with E-state index in [4.69, 9.17) is 11.6 Å². The third kappa shape index (κ3) is 3.34. The number of aliphatic carboxylic acids is 1. The van der Waals surface area contributed by atoms with Crippen molar-refractivity contribution in [3.05, 3.63) is 69.2 Å². The lowest BCUT2D eigenvalue weighted by Crippen LogP contribution is -2.58. The third-order valence-corrected chi connectivity index (χ3v) is 6.12. The molecule has 0 aliphatic heterocycles. The number of halogens is 1. The first kappa shape index (κ1) is 18.1. The Morgan fingerprint density at radius 2 is 1.81 bits per heavy atom. The molecule has 4 rings (SSSR count). The van der Waals surface area contributed by atoms with Crippen molar-refractivity contribution < 1.29 is 14.7 Å². The van der Waals surface area contributed by atoms with Crippen LogP contribution in [0, 0.1) is 0 Å². The molecule has 2 aromatic carbocycles. The predicted molar refractivity (Wildman–Crippen MR) is 104 cm³/mol. The van der Waals surface area contributed by atoms with E-state index in [0.29, 0.717) is 23.4 Å². The Labute approximate surface area is 163 Å². The molecule has 0 spiro atoms. The Balaban J connectivity index is 1.64. The number of benzene rings is 2. The van der Waals surface area contributed by atoms with Crippen molar-refractivity contribution in [1.29, 1.82) is 0 Å². The molecule has 2 aliphatic rings. The summed E-state index contributed by atoms with van der Waals surface area (Å²) in [4.78, 5) is 25.2. The predicted octanol–water partition coefficient (Wildman–Crippen LogP) is 3.96. The first-order valence-corrected chi connectivity index (χ1v) is 9.80. The molecule has 0 saturated carbocycles. The fourth-order valence-corrected chi connectivity index (χ4v) is 4.58. The number of carboxylic acids is 1. The van der Waals surface area contributed by atoms with Crippen LogP contribution in [-0.4, -0.2) is 22.5 Å². The van der Waals surface area contributed by atoms with Crippen molar-refractivity contribution in [2.75, 3.05) is 0 Å². The molecule has 0 heterocycles. The van der Waals surface area contributed by atoms with E-state index < -0.39 is 11.5 Å². The minimum atomic E-state index is -1.28. The molecule has 1 amide bonds. The normalized spacial score (nSPS) is 21.1. The summed E-state index contributed by atoms with van der Waals surface area (Å²) in [7, 11) is 0. The number of hydrogen-bond donors (Lipinski definition) is 2. The van der Waals surface area contributed by atoms with Crippen LogP contribution in [0.15, 0.2) is 36.4 Å². The van der Waals surface area contributed by atoms with Crippen molar-refractivity contribution >= 4 is 23.5 Å². The fourth-order valence-electron chi connectivity index (χ4n) is 4.38. The molecule has 2 N–H and O–H groups in total. The third-order valence-electron chi connectivity index (χ3n) is 5.88. The average molecular weight is 384 g/mol. The fraction of sp³-hybridized carbons (Fsp3) is 0.364. The van der Waals surface area contributed by atoms with Gasteiger partial charge in [-0.15, -0.1) is 0 Å². The van der Waals surface area contributed by atoms with Crippen LogP contribution in [0.2, 0.25) is 5.02 Å². The molecule has 0 saturated heterocycles. The molecule has 1 unspecified atom stereocenters. The molecular weight excluding hydrogens is 362 g/mol. The summed E-state index contributed by atoms with van der Waals surface area (Å²) in [6.07, 6.45) is 5.27. The molecule has 140 valence electrons. The van der Waals surface area contributed by atoms with Gasteiger partial charge in [-0.2, -0.15) is 0 Å². The van der Waals surface area contributed by atoms with Crippen LogP contribution < -0.4 is 5.32 Å². The number of amides is 1. The minimum Gasteiger partial charge on any atom is -0.479 e. The Hall–Kier alpha value is -2.33. The van der Waals surface area contributed by atoms with E-state index in [-0.39, 0.29) is 12.3 Å². The highest BCUT2D eigenvalue weighted by Gasteiger charge is 2.43. The van der Waals surface area contributed by atoms with E-state index in [1.54, 1.807) is 6.07 Å². The van der Waals surface area contributed by atoms with E-state index in [9.17, 15) is 14.7 Å². The lowest BCUT2D eigenvalue weighted by atomic mass is 9.77. The van der Waals surface area contributed by atoms with Gasteiger partial charge in [-0.05, 0) is 79.0 Å². The van der Waals surface area contributed by atoms with Crippen LogP contribution in [0.25, 0.3) is 0 Å². The van der Waals surface area contributed by atoms with Gasteiger partial charge >= 0.3 is 5.97 Å². The van der Waals surface area contributed by atoms with Crippen LogP contribution in [0.3, 0.4) is 0 Å². The molecular formula is C22H22ClNO3. The summed E-state index contributed by atoms with van der Waals surface area (Å²) in [6.45, 7) is 0. The minimum absolute atomic E-state index is 0.273. The van der Waals surface area contributed by atoms with Crippen molar-refractivity contribution in [3.63, 3.8) is 0 Å². The summed E-state index contributed by atoms with van der Waals surface area (Å²) < 4.78 is 0. The van der Waals surface area contributed by atoms with Crippen LogP contribution in [-0.2, 0) is 30.5 Å². The second-order valence-electron chi connectivity index (χ2n) is 7.58. The highest BCUT2D eigenvalue weighted by molar-refractivity contribution is 6.30. The van der Waals surface area contributed by atoms with Crippen molar-refractivity contribution in [2.45, 2.75) is 50.5 Å². The van der Waals surface area contributed by atoms with E-state index in [0.717, 1.165) is 42.4 Å². The van der Waals surface area contributed by atoms with E-state index >= 15 is 0 Å². The molecule has 1 atom stereocenters. The highest BCUT2D eigenvalue weighted by Crippen LogP contribution is 2.32. The van der Waals surface area contributed by atoms with Crippen molar-refractivity contribution in [1.82, 2.24) is 5.32 Å². The van der Waals surface area contributed by atoms with Gasteiger partial charge in [0.1, 0.15) is 5.54 Å². The van der Waals surface area contributed by atoms with Crippen molar-refractivity contribution in [3.8, 4) is 0 Å². The molecule has 0 aromatic heterocycles. The largest absolute Gasteiger partial charge is 0.479 e. The molecule has 4 nitrogen and oxygen atoms in total. The zero-order chi connectivity index (χ0) is 19.0. The number of carboxylic acid groups (broad SMARTS) is 1. The zero-order valence-corrected chi connectivity index (χ0v) is 15.8. The maximum atomic E-state index is 13.1. The number of rotatable bonds is 3. The van der Waals surface area contributed by atoms with Crippen LogP contribution in [0.4, 0.5) is 0 Å². The van der Waals surface area contributed by atoms with Crippen LogP contribution in [0.1, 0.15) is 51.9 Å². The monoisotopic (exact) mass is 383 g/mol. The summed E-state index contributed by atoms with van der Waals surface area (Å²) in [5, 5.41) is 13.5. The topological polar surface area (TPSA) is 66.4 Å². The van der Waals surface area contributed by atoms with Gasteiger partial charge in [-0.1, -0.05) is 29.8 Å². The van der Waals surface area contributed by atoms with Gasteiger partial charge in [0.05, 0.1) is 0 Å². The Morgan fingerprint density at radius 3 is 2.63 bits per heavy atom. The number of aryl methyl sites for hydroxylation is 2. The molecule has 5 heteroatoms. The maximum absolute atomic E-state index is 13.1. The first-order valence-electron chi connectivity index (χ1n) is 9.42. The highest BCUT2D eigenvalue weighted by atomic mass is 35.5. The second kappa shape index (κ2) is 7.01. The first-order chi connectivity index (χ1) is 13.0. The Kier molecular flexibility index (Phi) is 4.68. The number of hydrogen-bond acceptors (Lipinski definition) is 2. The molecule has 2 aromatic rings. The molecule has 27 heavy (non-hydrogen) atoms. The van der Waals surface area contributed by atoms with Gasteiger partial charge in [-0.25, -0.2) is 4.79 Å². The van der Waals surface area contributed by atoms with Gasteiger partial charge in [0.2, 0.25) is 0 Å². The summed E-state index contributed by atoms with van der Waals surface area (Å²) in [5.74, 6) is -1.27. The second-order valence-corrected chi connectivity index (χ2v) is 8.02. The average Bonchev–Trinajstić information content (AvgIpc) is 2.67. The number of fused-ring (bicyclic) bond motifs is 2.